The molecule has 0 saturated carbocycles. The smallest absolute Gasteiger partial charge is 0.250 e. The highest BCUT2D eigenvalue weighted by Gasteiger charge is 2.08. The van der Waals surface area contributed by atoms with Gasteiger partial charge in [0.25, 0.3) is 5.56 Å². The lowest BCUT2D eigenvalue weighted by Crippen LogP contribution is -2.22. The van der Waals surface area contributed by atoms with Gasteiger partial charge in [-0.05, 0) is 25.0 Å². The summed E-state index contributed by atoms with van der Waals surface area (Å²) in [5.41, 5.74) is 1.79. The molecule has 94 valence electrons. The third kappa shape index (κ3) is 2.87. The number of aryl methyl sites for hydroxylation is 1. The Balaban J connectivity index is 2.06. The highest BCUT2D eigenvalue weighted by Crippen LogP contribution is 2.16. The van der Waals surface area contributed by atoms with Gasteiger partial charge in [-0.1, -0.05) is 36.4 Å². The minimum absolute atomic E-state index is 0.0183. The number of nitrogens with zero attached hydrogens (tertiary/aromatic N) is 1. The highest BCUT2D eigenvalue weighted by molar-refractivity contribution is 5.17. The SMILES string of the molecule is Cc1cccc(=O)n1CCC(O)c1ccccc1. The van der Waals surface area contributed by atoms with Crippen LogP contribution in [0.15, 0.2) is 53.3 Å². The van der Waals surface area contributed by atoms with Gasteiger partial charge in [0.15, 0.2) is 0 Å². The van der Waals surface area contributed by atoms with Crippen molar-refractivity contribution in [2.45, 2.75) is 26.0 Å². The van der Waals surface area contributed by atoms with E-state index < -0.39 is 6.10 Å². The minimum atomic E-state index is -0.530. The zero-order chi connectivity index (χ0) is 13.0. The topological polar surface area (TPSA) is 42.2 Å². The Hall–Kier alpha value is -1.87. The standard InChI is InChI=1S/C15H17NO2/c1-12-6-5-9-15(18)16(12)11-10-14(17)13-7-3-2-4-8-13/h2-9,14,17H,10-11H2,1H3. The van der Waals surface area contributed by atoms with E-state index in [1.54, 1.807) is 16.7 Å². The molecule has 0 aliphatic rings. The van der Waals surface area contributed by atoms with Crippen LogP contribution in [0.5, 0.6) is 0 Å². The molecule has 0 spiro atoms. The molecule has 1 aromatic heterocycles. The summed E-state index contributed by atoms with van der Waals surface area (Å²) in [6, 6.07) is 14.7. The zero-order valence-electron chi connectivity index (χ0n) is 10.4. The Bertz CT molecular complexity index is 560. The Morgan fingerprint density at radius 2 is 1.83 bits per heavy atom. The maximum Gasteiger partial charge on any atom is 0.250 e. The number of hydrogen-bond donors (Lipinski definition) is 1. The first-order valence-corrected chi connectivity index (χ1v) is 6.08. The largest absolute Gasteiger partial charge is 0.388 e. The van der Waals surface area contributed by atoms with Crippen LogP contribution < -0.4 is 5.56 Å². The first kappa shape index (κ1) is 12.6. The molecule has 0 amide bonds. The van der Waals surface area contributed by atoms with Crippen molar-refractivity contribution in [2.24, 2.45) is 0 Å². The molecule has 1 atom stereocenters. The van der Waals surface area contributed by atoms with E-state index in [9.17, 15) is 9.90 Å². The van der Waals surface area contributed by atoms with E-state index >= 15 is 0 Å². The van der Waals surface area contributed by atoms with Gasteiger partial charge < -0.3 is 9.67 Å². The lowest BCUT2D eigenvalue weighted by atomic mass is 10.1. The van der Waals surface area contributed by atoms with Crippen LogP contribution in [0.2, 0.25) is 0 Å². The van der Waals surface area contributed by atoms with Gasteiger partial charge in [-0.15, -0.1) is 0 Å². The van der Waals surface area contributed by atoms with E-state index in [0.29, 0.717) is 13.0 Å². The maximum absolute atomic E-state index is 11.7. The van der Waals surface area contributed by atoms with Crippen molar-refractivity contribution in [1.82, 2.24) is 4.57 Å². The summed E-state index contributed by atoms with van der Waals surface area (Å²) in [6.45, 7) is 2.43. The molecule has 3 heteroatoms. The molecule has 1 N–H and O–H groups in total. The Morgan fingerprint density at radius 3 is 2.50 bits per heavy atom. The average molecular weight is 243 g/mol. The summed E-state index contributed by atoms with van der Waals surface area (Å²) in [4.78, 5) is 11.7. The molecule has 3 nitrogen and oxygen atoms in total. The van der Waals surface area contributed by atoms with Crippen LogP contribution in [0.25, 0.3) is 0 Å². The summed E-state index contributed by atoms with van der Waals surface area (Å²) in [5.74, 6) is 0. The molecule has 0 bridgehead atoms. The third-order valence-corrected chi connectivity index (χ3v) is 3.08. The third-order valence-electron chi connectivity index (χ3n) is 3.08. The molecule has 2 rings (SSSR count). The number of aromatic nitrogens is 1. The Kier molecular flexibility index (Phi) is 3.95. The highest BCUT2D eigenvalue weighted by atomic mass is 16.3. The van der Waals surface area contributed by atoms with Crippen molar-refractivity contribution in [2.75, 3.05) is 0 Å². The van der Waals surface area contributed by atoms with Crippen molar-refractivity contribution in [1.29, 1.82) is 0 Å². The van der Waals surface area contributed by atoms with Gasteiger partial charge in [0.05, 0.1) is 6.10 Å². The van der Waals surface area contributed by atoms with Crippen molar-refractivity contribution >= 4 is 0 Å². The first-order valence-electron chi connectivity index (χ1n) is 6.08. The number of rotatable bonds is 4. The maximum atomic E-state index is 11.7. The number of pyridine rings is 1. The molecule has 18 heavy (non-hydrogen) atoms. The quantitative estimate of drug-likeness (QED) is 0.895. The molecule has 2 aromatic rings. The Morgan fingerprint density at radius 1 is 1.11 bits per heavy atom. The molecule has 0 aliphatic carbocycles. The van der Waals surface area contributed by atoms with Gasteiger partial charge in [-0.2, -0.15) is 0 Å². The van der Waals surface area contributed by atoms with E-state index in [1.807, 2.05) is 43.3 Å². The predicted molar refractivity (Wildman–Crippen MR) is 71.5 cm³/mol. The van der Waals surface area contributed by atoms with Gasteiger partial charge in [-0.3, -0.25) is 4.79 Å². The minimum Gasteiger partial charge on any atom is -0.388 e. The van der Waals surface area contributed by atoms with Gasteiger partial charge in [0.1, 0.15) is 0 Å². The van der Waals surface area contributed by atoms with Crippen LogP contribution in [0.4, 0.5) is 0 Å². The molecular formula is C15H17NO2. The van der Waals surface area contributed by atoms with Crippen molar-refractivity contribution in [3.63, 3.8) is 0 Å². The fraction of sp³-hybridized carbons (Fsp3) is 0.267. The predicted octanol–water partition coefficient (Wildman–Crippen LogP) is 2.28. The monoisotopic (exact) mass is 243 g/mol. The van der Waals surface area contributed by atoms with Gasteiger partial charge >= 0.3 is 0 Å². The second-order valence-electron chi connectivity index (χ2n) is 4.37. The summed E-state index contributed by atoms with van der Waals surface area (Å²) < 4.78 is 1.69. The van der Waals surface area contributed by atoms with E-state index in [1.165, 1.54) is 0 Å². The van der Waals surface area contributed by atoms with Crippen molar-refractivity contribution in [3.8, 4) is 0 Å². The first-order chi connectivity index (χ1) is 8.68. The molecule has 0 aliphatic heterocycles. The summed E-state index contributed by atoms with van der Waals surface area (Å²) >= 11 is 0. The number of benzene rings is 1. The number of aliphatic hydroxyl groups excluding tert-OH is 1. The lowest BCUT2D eigenvalue weighted by molar-refractivity contribution is 0.160. The average Bonchev–Trinajstić information content (AvgIpc) is 2.39. The van der Waals surface area contributed by atoms with Crippen molar-refractivity contribution < 1.29 is 5.11 Å². The van der Waals surface area contributed by atoms with Crippen LogP contribution in [0.3, 0.4) is 0 Å². The van der Waals surface area contributed by atoms with Crippen LogP contribution >= 0.6 is 0 Å². The molecule has 0 radical (unpaired) electrons. The fourth-order valence-corrected chi connectivity index (χ4v) is 2.00. The van der Waals surface area contributed by atoms with Crippen molar-refractivity contribution in [3.05, 3.63) is 70.1 Å². The summed E-state index contributed by atoms with van der Waals surface area (Å²) in [7, 11) is 0. The second-order valence-corrected chi connectivity index (χ2v) is 4.37. The van der Waals surface area contributed by atoms with E-state index in [0.717, 1.165) is 11.3 Å². The van der Waals surface area contributed by atoms with E-state index in [-0.39, 0.29) is 5.56 Å². The van der Waals surface area contributed by atoms with Gasteiger partial charge in [0.2, 0.25) is 0 Å². The Labute approximate surface area is 106 Å². The zero-order valence-corrected chi connectivity index (χ0v) is 10.4. The molecule has 1 heterocycles. The van der Waals surface area contributed by atoms with Crippen LogP contribution in [0.1, 0.15) is 23.8 Å². The molecule has 0 saturated heterocycles. The van der Waals surface area contributed by atoms with E-state index in [2.05, 4.69) is 0 Å². The van der Waals surface area contributed by atoms with Crippen LogP contribution in [-0.4, -0.2) is 9.67 Å². The molecule has 0 fully saturated rings. The summed E-state index contributed by atoms with van der Waals surface area (Å²) in [5, 5.41) is 10.0. The van der Waals surface area contributed by atoms with Gasteiger partial charge in [-0.25, -0.2) is 0 Å². The van der Waals surface area contributed by atoms with Crippen LogP contribution in [-0.2, 0) is 6.54 Å². The molecule has 1 aromatic carbocycles. The van der Waals surface area contributed by atoms with E-state index in [4.69, 9.17) is 0 Å². The number of aliphatic hydroxyl groups is 1. The van der Waals surface area contributed by atoms with Gasteiger partial charge in [0, 0.05) is 18.3 Å². The van der Waals surface area contributed by atoms with Crippen LogP contribution in [0, 0.1) is 6.92 Å². The second kappa shape index (κ2) is 5.65. The summed E-state index contributed by atoms with van der Waals surface area (Å²) in [6.07, 6.45) is 0.00658. The fourth-order valence-electron chi connectivity index (χ4n) is 2.00. The molecule has 1 unspecified atom stereocenters. The lowest BCUT2D eigenvalue weighted by Gasteiger charge is -2.13. The normalized spacial score (nSPS) is 12.3. The molecular weight excluding hydrogens is 226 g/mol. The number of hydrogen-bond acceptors (Lipinski definition) is 2.